The van der Waals surface area contributed by atoms with Gasteiger partial charge in [0.05, 0.1) is 11.4 Å². The van der Waals surface area contributed by atoms with Crippen molar-refractivity contribution in [2.45, 2.75) is 24.1 Å². The second-order valence-electron chi connectivity index (χ2n) is 4.20. The molecule has 0 aliphatic heterocycles. The van der Waals surface area contributed by atoms with Gasteiger partial charge in [0.2, 0.25) is 0 Å². The average molecular weight is 344 g/mol. The smallest absolute Gasteiger partial charge is 0.265 e. The van der Waals surface area contributed by atoms with E-state index in [0.717, 1.165) is 10.9 Å². The Balaban J connectivity index is 2.31. The lowest BCUT2D eigenvalue weighted by molar-refractivity contribution is 0.600. The molecule has 0 amide bonds. The number of hydrogen-bond acceptors (Lipinski definition) is 3. The fourth-order valence-corrected chi connectivity index (χ4v) is 3.61. The Morgan fingerprint density at radius 2 is 1.89 bits per heavy atom. The molecule has 7 heteroatoms. The van der Waals surface area contributed by atoms with Gasteiger partial charge >= 0.3 is 0 Å². The number of rotatable bonds is 4. The maximum atomic E-state index is 12.3. The number of aryl methyl sites for hydroxylation is 2. The van der Waals surface area contributed by atoms with Crippen LogP contribution in [0, 0.1) is 13.8 Å². The molecular formula is C12H14BrN3O2S. The van der Waals surface area contributed by atoms with Crippen molar-refractivity contribution in [3.05, 3.63) is 41.2 Å². The van der Waals surface area contributed by atoms with Gasteiger partial charge in [0.15, 0.2) is 0 Å². The minimum atomic E-state index is -3.61. The number of hydrogen-bond donors (Lipinski definition) is 2. The number of aromatic amines is 1. The Morgan fingerprint density at radius 1 is 1.26 bits per heavy atom. The predicted molar refractivity (Wildman–Crippen MR) is 77.9 cm³/mol. The van der Waals surface area contributed by atoms with Crippen LogP contribution in [0.15, 0.2) is 29.2 Å². The number of aromatic nitrogens is 2. The molecule has 102 valence electrons. The van der Waals surface area contributed by atoms with Crippen LogP contribution in [0.1, 0.15) is 17.0 Å². The molecule has 0 atom stereocenters. The van der Waals surface area contributed by atoms with E-state index in [-0.39, 0.29) is 4.90 Å². The third kappa shape index (κ3) is 2.98. The van der Waals surface area contributed by atoms with Crippen LogP contribution in [-0.4, -0.2) is 18.6 Å². The molecule has 1 aromatic heterocycles. The monoisotopic (exact) mass is 343 g/mol. The maximum absolute atomic E-state index is 12.3. The second kappa shape index (κ2) is 5.34. The van der Waals surface area contributed by atoms with E-state index < -0.39 is 10.0 Å². The fourth-order valence-electron chi connectivity index (χ4n) is 1.80. The summed E-state index contributed by atoms with van der Waals surface area (Å²) in [5.41, 5.74) is 2.60. The van der Waals surface area contributed by atoms with Crippen LogP contribution < -0.4 is 4.72 Å². The first-order valence-electron chi connectivity index (χ1n) is 5.63. The summed E-state index contributed by atoms with van der Waals surface area (Å²) in [7, 11) is -3.61. The molecule has 19 heavy (non-hydrogen) atoms. The molecule has 1 aromatic carbocycles. The highest BCUT2D eigenvalue weighted by Gasteiger charge is 2.22. The summed E-state index contributed by atoms with van der Waals surface area (Å²) in [5, 5.41) is 7.31. The van der Waals surface area contributed by atoms with Crippen LogP contribution in [0.5, 0.6) is 0 Å². The SMILES string of the molecule is Cc1n[nH]c(C)c1S(=O)(=O)Nc1ccc(CBr)cc1. The number of sulfonamides is 1. The van der Waals surface area contributed by atoms with Crippen molar-refractivity contribution in [3.8, 4) is 0 Å². The second-order valence-corrected chi connectivity index (χ2v) is 6.38. The normalized spacial score (nSPS) is 11.5. The van der Waals surface area contributed by atoms with E-state index in [1.54, 1.807) is 26.0 Å². The number of anilines is 1. The maximum Gasteiger partial charge on any atom is 0.265 e. The molecule has 0 aliphatic carbocycles. The highest BCUT2D eigenvalue weighted by Crippen LogP contribution is 2.21. The van der Waals surface area contributed by atoms with E-state index >= 15 is 0 Å². The van der Waals surface area contributed by atoms with Crippen LogP contribution in [0.2, 0.25) is 0 Å². The molecule has 0 saturated heterocycles. The van der Waals surface area contributed by atoms with Gasteiger partial charge in [-0.05, 0) is 31.5 Å². The summed E-state index contributed by atoms with van der Waals surface area (Å²) in [6.07, 6.45) is 0. The predicted octanol–water partition coefficient (Wildman–Crippen LogP) is 2.72. The number of halogens is 1. The quantitative estimate of drug-likeness (QED) is 0.838. The summed E-state index contributed by atoms with van der Waals surface area (Å²) in [5.74, 6) is 0. The van der Waals surface area contributed by atoms with Gasteiger partial charge in [0.25, 0.3) is 10.0 Å². The third-order valence-electron chi connectivity index (χ3n) is 2.69. The van der Waals surface area contributed by atoms with E-state index in [1.807, 2.05) is 12.1 Å². The molecule has 0 aliphatic rings. The summed E-state index contributed by atoms with van der Waals surface area (Å²) in [6, 6.07) is 7.20. The number of benzene rings is 1. The molecule has 5 nitrogen and oxygen atoms in total. The zero-order valence-electron chi connectivity index (χ0n) is 10.6. The highest BCUT2D eigenvalue weighted by atomic mass is 79.9. The van der Waals surface area contributed by atoms with Gasteiger partial charge in [-0.15, -0.1) is 0 Å². The summed E-state index contributed by atoms with van der Waals surface area (Å²) < 4.78 is 27.1. The van der Waals surface area contributed by atoms with Gasteiger partial charge in [0.1, 0.15) is 4.90 Å². The average Bonchev–Trinajstić information content (AvgIpc) is 2.70. The van der Waals surface area contributed by atoms with Gasteiger partial charge in [0, 0.05) is 11.0 Å². The Kier molecular flexibility index (Phi) is 3.96. The van der Waals surface area contributed by atoms with Crippen LogP contribution in [0.3, 0.4) is 0 Å². The molecule has 0 saturated carbocycles. The fraction of sp³-hybridized carbons (Fsp3) is 0.250. The molecule has 0 spiro atoms. The van der Waals surface area contributed by atoms with Crippen molar-refractivity contribution in [2.24, 2.45) is 0 Å². The van der Waals surface area contributed by atoms with Crippen LogP contribution in [0.4, 0.5) is 5.69 Å². The van der Waals surface area contributed by atoms with E-state index in [4.69, 9.17) is 0 Å². The third-order valence-corrected chi connectivity index (χ3v) is 4.98. The molecule has 0 bridgehead atoms. The molecule has 2 rings (SSSR count). The largest absolute Gasteiger partial charge is 0.281 e. The van der Waals surface area contributed by atoms with Gasteiger partial charge in [-0.3, -0.25) is 9.82 Å². The Hall–Kier alpha value is -1.34. The Bertz CT molecular complexity index is 658. The van der Waals surface area contributed by atoms with E-state index in [9.17, 15) is 8.42 Å². The number of H-pyrrole nitrogens is 1. The molecular weight excluding hydrogens is 330 g/mol. The van der Waals surface area contributed by atoms with Crippen LogP contribution >= 0.6 is 15.9 Å². The minimum Gasteiger partial charge on any atom is -0.281 e. The van der Waals surface area contributed by atoms with Crippen molar-refractivity contribution < 1.29 is 8.42 Å². The zero-order valence-corrected chi connectivity index (χ0v) is 13.0. The first-order chi connectivity index (χ1) is 8.94. The summed E-state index contributed by atoms with van der Waals surface area (Å²) in [6.45, 7) is 3.34. The van der Waals surface area contributed by atoms with Gasteiger partial charge in [-0.1, -0.05) is 28.1 Å². The molecule has 1 heterocycles. The zero-order chi connectivity index (χ0) is 14.0. The van der Waals surface area contributed by atoms with Crippen molar-refractivity contribution in [3.63, 3.8) is 0 Å². The van der Waals surface area contributed by atoms with E-state index in [0.29, 0.717) is 17.1 Å². The molecule has 2 N–H and O–H groups in total. The van der Waals surface area contributed by atoms with E-state index in [2.05, 4.69) is 30.8 Å². The van der Waals surface area contributed by atoms with Gasteiger partial charge in [-0.25, -0.2) is 8.42 Å². The Morgan fingerprint density at radius 3 is 2.37 bits per heavy atom. The number of nitrogens with one attached hydrogen (secondary N) is 2. The van der Waals surface area contributed by atoms with Gasteiger partial charge in [-0.2, -0.15) is 5.10 Å². The molecule has 2 aromatic rings. The molecule has 0 fully saturated rings. The minimum absolute atomic E-state index is 0.206. The van der Waals surface area contributed by atoms with Crippen LogP contribution in [0.25, 0.3) is 0 Å². The van der Waals surface area contributed by atoms with Crippen molar-refractivity contribution in [1.29, 1.82) is 0 Å². The lowest BCUT2D eigenvalue weighted by Gasteiger charge is -2.08. The number of alkyl halides is 1. The van der Waals surface area contributed by atoms with Crippen LogP contribution in [-0.2, 0) is 15.4 Å². The summed E-state index contributed by atoms with van der Waals surface area (Å²) in [4.78, 5) is 0.206. The lowest BCUT2D eigenvalue weighted by atomic mass is 10.2. The Labute approximate surface area is 120 Å². The van der Waals surface area contributed by atoms with E-state index in [1.165, 1.54) is 0 Å². The van der Waals surface area contributed by atoms with Crippen molar-refractivity contribution in [1.82, 2.24) is 10.2 Å². The van der Waals surface area contributed by atoms with Gasteiger partial charge < -0.3 is 0 Å². The lowest BCUT2D eigenvalue weighted by Crippen LogP contribution is -2.14. The number of nitrogens with zero attached hydrogens (tertiary/aromatic N) is 1. The first kappa shape index (κ1) is 14.1. The van der Waals surface area contributed by atoms with Crippen molar-refractivity contribution in [2.75, 3.05) is 4.72 Å². The van der Waals surface area contributed by atoms with Crippen molar-refractivity contribution >= 4 is 31.6 Å². The summed E-state index contributed by atoms with van der Waals surface area (Å²) >= 11 is 3.34. The topological polar surface area (TPSA) is 74.8 Å². The molecule has 0 unspecified atom stereocenters. The highest BCUT2D eigenvalue weighted by molar-refractivity contribution is 9.08. The first-order valence-corrected chi connectivity index (χ1v) is 8.24. The standard InChI is InChI=1S/C12H14BrN3O2S/c1-8-12(9(2)15-14-8)19(17,18)16-11-5-3-10(7-13)4-6-11/h3-6,16H,7H2,1-2H3,(H,14,15). The molecule has 0 radical (unpaired) electrons.